The van der Waals surface area contributed by atoms with E-state index in [-0.39, 0.29) is 6.10 Å². The van der Waals surface area contributed by atoms with Crippen molar-refractivity contribution in [2.75, 3.05) is 0 Å². The molecule has 3 heteroatoms. The van der Waals surface area contributed by atoms with Crippen LogP contribution in [0.3, 0.4) is 0 Å². The number of hydrogen-bond donors (Lipinski definition) is 1. The van der Waals surface area contributed by atoms with Gasteiger partial charge < -0.3 is 9.84 Å². The van der Waals surface area contributed by atoms with Crippen LogP contribution in [-0.4, -0.2) is 17.2 Å². The fourth-order valence-electron chi connectivity index (χ4n) is 2.77. The minimum atomic E-state index is -0.887. The van der Waals surface area contributed by atoms with Gasteiger partial charge in [-0.1, -0.05) is 18.2 Å². The molecule has 1 atom stereocenters. The molecule has 3 nitrogen and oxygen atoms in total. The number of ether oxygens (including phenoxy) is 1. The maximum absolute atomic E-state index is 11.2. The van der Waals surface area contributed by atoms with E-state index in [2.05, 4.69) is 13.0 Å². The molecule has 0 saturated heterocycles. The van der Waals surface area contributed by atoms with Gasteiger partial charge in [-0.15, -0.1) is 0 Å². The summed E-state index contributed by atoms with van der Waals surface area (Å²) in [4.78, 5) is 11.2. The van der Waals surface area contributed by atoms with Gasteiger partial charge in [0.05, 0.1) is 5.56 Å². The molecule has 0 spiro atoms. The number of carboxylic acids is 1. The van der Waals surface area contributed by atoms with Gasteiger partial charge in [0, 0.05) is 6.42 Å². The molecule has 20 heavy (non-hydrogen) atoms. The highest BCUT2D eigenvalue weighted by Crippen LogP contribution is 2.34. The van der Waals surface area contributed by atoms with Crippen molar-refractivity contribution in [1.82, 2.24) is 0 Å². The zero-order chi connectivity index (χ0) is 14.3. The van der Waals surface area contributed by atoms with E-state index in [4.69, 9.17) is 4.74 Å². The number of rotatable bonds is 2. The van der Waals surface area contributed by atoms with Crippen molar-refractivity contribution in [2.45, 2.75) is 26.4 Å². The van der Waals surface area contributed by atoms with Gasteiger partial charge >= 0.3 is 5.97 Å². The Hall–Kier alpha value is -2.29. The second-order valence-corrected chi connectivity index (χ2v) is 5.24. The van der Waals surface area contributed by atoms with Crippen molar-refractivity contribution >= 4 is 5.97 Å². The van der Waals surface area contributed by atoms with Crippen LogP contribution < -0.4 is 4.74 Å². The standard InChI is InChI=1S/C17H16O3/c1-10-8-13-9-12(6-7-16(13)20-10)14-4-3-5-15(11(14)2)17(18)19/h3-7,9-10H,8H2,1-2H3,(H,18,19). The summed E-state index contributed by atoms with van der Waals surface area (Å²) in [6.07, 6.45) is 1.12. The second kappa shape index (κ2) is 4.67. The predicted octanol–water partition coefficient (Wildman–Crippen LogP) is 3.68. The van der Waals surface area contributed by atoms with E-state index in [1.165, 1.54) is 5.56 Å². The Labute approximate surface area is 117 Å². The first-order chi connectivity index (χ1) is 9.56. The molecule has 0 fully saturated rings. The molecule has 0 saturated carbocycles. The molecule has 0 amide bonds. The van der Waals surface area contributed by atoms with E-state index in [1.54, 1.807) is 12.1 Å². The summed E-state index contributed by atoms with van der Waals surface area (Å²) in [6.45, 7) is 3.90. The quantitative estimate of drug-likeness (QED) is 0.903. The predicted molar refractivity (Wildman–Crippen MR) is 77.4 cm³/mol. The maximum Gasteiger partial charge on any atom is 0.335 e. The molecule has 0 bridgehead atoms. The first-order valence-electron chi connectivity index (χ1n) is 6.69. The van der Waals surface area contributed by atoms with Crippen molar-refractivity contribution in [3.63, 3.8) is 0 Å². The fourth-order valence-corrected chi connectivity index (χ4v) is 2.77. The van der Waals surface area contributed by atoms with Gasteiger partial charge in [0.1, 0.15) is 11.9 Å². The van der Waals surface area contributed by atoms with Gasteiger partial charge in [0.15, 0.2) is 0 Å². The summed E-state index contributed by atoms with van der Waals surface area (Å²) in [7, 11) is 0. The fraction of sp³-hybridized carbons (Fsp3) is 0.235. The molecule has 0 radical (unpaired) electrons. The number of benzene rings is 2. The zero-order valence-electron chi connectivity index (χ0n) is 11.5. The van der Waals surface area contributed by atoms with Gasteiger partial charge in [-0.25, -0.2) is 4.79 Å². The molecule has 2 aromatic rings. The Bertz CT molecular complexity index is 689. The molecule has 0 aromatic heterocycles. The first kappa shape index (κ1) is 12.7. The highest BCUT2D eigenvalue weighted by molar-refractivity contribution is 5.92. The molecular weight excluding hydrogens is 252 g/mol. The van der Waals surface area contributed by atoms with E-state index >= 15 is 0 Å². The van der Waals surface area contributed by atoms with E-state index in [1.807, 2.05) is 25.1 Å². The molecule has 1 N–H and O–H groups in total. The van der Waals surface area contributed by atoms with Crippen LogP contribution in [0.4, 0.5) is 0 Å². The minimum Gasteiger partial charge on any atom is -0.490 e. The van der Waals surface area contributed by atoms with Gasteiger partial charge in [0.2, 0.25) is 0 Å². The summed E-state index contributed by atoms with van der Waals surface area (Å²) in [5.74, 6) is 0.0516. The summed E-state index contributed by atoms with van der Waals surface area (Å²) in [5, 5.41) is 9.21. The third-order valence-corrected chi connectivity index (χ3v) is 3.77. The van der Waals surface area contributed by atoms with Crippen LogP contribution in [0.15, 0.2) is 36.4 Å². The normalized spacial score (nSPS) is 16.6. The lowest BCUT2D eigenvalue weighted by atomic mass is 9.94. The van der Waals surface area contributed by atoms with Crippen molar-refractivity contribution in [3.8, 4) is 16.9 Å². The minimum absolute atomic E-state index is 0.215. The van der Waals surface area contributed by atoms with Gasteiger partial charge in [-0.3, -0.25) is 0 Å². The Morgan fingerprint density at radius 2 is 2.10 bits per heavy atom. The Kier molecular flexibility index (Phi) is 2.97. The van der Waals surface area contributed by atoms with Crippen molar-refractivity contribution in [2.24, 2.45) is 0 Å². The smallest absolute Gasteiger partial charge is 0.335 e. The van der Waals surface area contributed by atoms with E-state index in [0.29, 0.717) is 5.56 Å². The summed E-state index contributed by atoms with van der Waals surface area (Å²) in [5.41, 5.74) is 4.35. The number of carboxylic acid groups (broad SMARTS) is 1. The van der Waals surface area contributed by atoms with Gasteiger partial charge in [-0.2, -0.15) is 0 Å². The van der Waals surface area contributed by atoms with Crippen LogP contribution >= 0.6 is 0 Å². The molecular formula is C17H16O3. The molecule has 1 heterocycles. The molecule has 1 aliphatic heterocycles. The zero-order valence-corrected chi connectivity index (χ0v) is 11.5. The van der Waals surface area contributed by atoms with Crippen molar-refractivity contribution < 1.29 is 14.6 Å². The second-order valence-electron chi connectivity index (χ2n) is 5.24. The highest BCUT2D eigenvalue weighted by Gasteiger charge is 2.20. The monoisotopic (exact) mass is 268 g/mol. The van der Waals surface area contributed by atoms with Gasteiger partial charge in [0.25, 0.3) is 0 Å². The van der Waals surface area contributed by atoms with Crippen molar-refractivity contribution in [1.29, 1.82) is 0 Å². The van der Waals surface area contributed by atoms with Crippen LogP contribution in [0, 0.1) is 6.92 Å². The lowest BCUT2D eigenvalue weighted by molar-refractivity contribution is 0.0696. The average molecular weight is 268 g/mol. The summed E-state index contributed by atoms with van der Waals surface area (Å²) >= 11 is 0. The number of aromatic carboxylic acids is 1. The lowest BCUT2D eigenvalue weighted by Gasteiger charge is -2.10. The Morgan fingerprint density at radius 1 is 1.30 bits per heavy atom. The number of carbonyl (C=O) groups is 1. The molecule has 0 aliphatic carbocycles. The molecule has 1 aliphatic rings. The maximum atomic E-state index is 11.2. The molecule has 102 valence electrons. The largest absolute Gasteiger partial charge is 0.490 e. The SMILES string of the molecule is Cc1c(C(=O)O)cccc1-c1ccc2c(c1)CC(C)O2. The average Bonchev–Trinajstić information content (AvgIpc) is 2.77. The molecule has 3 rings (SSSR count). The van der Waals surface area contributed by atoms with E-state index in [9.17, 15) is 9.90 Å². The number of fused-ring (bicyclic) bond motifs is 1. The molecule has 2 aromatic carbocycles. The first-order valence-corrected chi connectivity index (χ1v) is 6.69. The summed E-state index contributed by atoms with van der Waals surface area (Å²) < 4.78 is 5.70. The Morgan fingerprint density at radius 3 is 2.85 bits per heavy atom. The Balaban J connectivity index is 2.09. The van der Waals surface area contributed by atoms with E-state index in [0.717, 1.165) is 28.9 Å². The van der Waals surface area contributed by atoms with E-state index < -0.39 is 5.97 Å². The van der Waals surface area contributed by atoms with Crippen LogP contribution in [0.5, 0.6) is 5.75 Å². The van der Waals surface area contributed by atoms with Crippen LogP contribution in [0.25, 0.3) is 11.1 Å². The lowest BCUT2D eigenvalue weighted by Crippen LogP contribution is -2.05. The highest BCUT2D eigenvalue weighted by atomic mass is 16.5. The van der Waals surface area contributed by atoms with Crippen LogP contribution in [0.2, 0.25) is 0 Å². The third-order valence-electron chi connectivity index (χ3n) is 3.77. The van der Waals surface area contributed by atoms with Crippen LogP contribution in [-0.2, 0) is 6.42 Å². The third kappa shape index (κ3) is 2.05. The van der Waals surface area contributed by atoms with Gasteiger partial charge in [-0.05, 0) is 54.3 Å². The topological polar surface area (TPSA) is 46.5 Å². The summed E-state index contributed by atoms with van der Waals surface area (Å²) in [6, 6.07) is 11.5. The molecule has 1 unspecified atom stereocenters. The number of hydrogen-bond acceptors (Lipinski definition) is 2. The van der Waals surface area contributed by atoms with Crippen LogP contribution in [0.1, 0.15) is 28.4 Å². The van der Waals surface area contributed by atoms with Crippen molar-refractivity contribution in [3.05, 3.63) is 53.1 Å².